The molecule has 1 heterocycles. The average molecular weight is 472 g/mol. The number of rotatable bonds is 6. The van der Waals surface area contributed by atoms with Crippen molar-refractivity contribution >= 4 is 36.2 Å². The van der Waals surface area contributed by atoms with Crippen molar-refractivity contribution in [3.8, 4) is 0 Å². The van der Waals surface area contributed by atoms with E-state index >= 15 is 0 Å². The molecule has 34 heavy (non-hydrogen) atoms. The van der Waals surface area contributed by atoms with Crippen molar-refractivity contribution in [1.82, 2.24) is 0 Å². The van der Waals surface area contributed by atoms with Gasteiger partial charge in [0.25, 0.3) is 0 Å². The van der Waals surface area contributed by atoms with Crippen LogP contribution in [-0.4, -0.2) is 57.1 Å². The number of aryl methyl sites for hydroxylation is 1. The summed E-state index contributed by atoms with van der Waals surface area (Å²) in [5.74, 6) is -0.738. The van der Waals surface area contributed by atoms with Gasteiger partial charge >= 0.3 is 5.97 Å². The summed E-state index contributed by atoms with van der Waals surface area (Å²) in [7, 11) is 4.27. The van der Waals surface area contributed by atoms with Crippen molar-refractivity contribution in [1.29, 1.82) is 0 Å². The van der Waals surface area contributed by atoms with Gasteiger partial charge in [-0.25, -0.2) is 4.58 Å². The van der Waals surface area contributed by atoms with Crippen LogP contribution >= 0.6 is 0 Å². The standard InChI is InChI=1S/C29H34N2O2Si/c1-20-10-7-8-11-23(20)29-24-15-13-21(30(2)3)18-26(24)34(5,6)27-19-22(14-16-25(27)29)31(4)17-9-12-28(32)33/h7-8,10-11,13-16,18-19H,9,12,17H2,1-6H3/p+1. The highest BCUT2D eigenvalue weighted by Gasteiger charge is 2.40. The summed E-state index contributed by atoms with van der Waals surface area (Å²) in [4.78, 5) is 13.2. The minimum absolute atomic E-state index is 0.196. The zero-order valence-corrected chi connectivity index (χ0v) is 22.1. The molecule has 1 aliphatic carbocycles. The van der Waals surface area contributed by atoms with Crippen molar-refractivity contribution in [3.05, 3.63) is 88.2 Å². The molecule has 1 aliphatic heterocycles. The van der Waals surface area contributed by atoms with Crippen LogP contribution in [0.1, 0.15) is 29.5 Å². The number of carbonyl (C=O) groups is 1. The Labute approximate surface area is 204 Å². The smallest absolute Gasteiger partial charge is 0.303 e. The van der Waals surface area contributed by atoms with E-state index in [4.69, 9.17) is 5.11 Å². The van der Waals surface area contributed by atoms with E-state index in [9.17, 15) is 4.79 Å². The van der Waals surface area contributed by atoms with Crippen LogP contribution in [0.2, 0.25) is 13.1 Å². The van der Waals surface area contributed by atoms with Gasteiger partial charge in [0.2, 0.25) is 0 Å². The second kappa shape index (κ2) is 9.22. The molecule has 4 rings (SSSR count). The molecule has 5 heteroatoms. The molecule has 0 spiro atoms. The molecule has 2 aromatic carbocycles. The Morgan fingerprint density at radius 3 is 2.47 bits per heavy atom. The van der Waals surface area contributed by atoms with Gasteiger partial charge in [-0.05, 0) is 69.8 Å². The molecule has 2 aliphatic rings. The molecule has 4 nitrogen and oxygen atoms in total. The van der Waals surface area contributed by atoms with Crippen molar-refractivity contribution in [2.75, 3.05) is 32.6 Å². The van der Waals surface area contributed by atoms with Crippen LogP contribution in [0.3, 0.4) is 0 Å². The number of hydrogen-bond donors (Lipinski definition) is 1. The van der Waals surface area contributed by atoms with Crippen LogP contribution in [-0.2, 0) is 4.79 Å². The number of nitrogens with zero attached hydrogens (tertiary/aromatic N) is 2. The quantitative estimate of drug-likeness (QED) is 0.487. The predicted octanol–water partition coefficient (Wildman–Crippen LogP) is 4.78. The third kappa shape index (κ3) is 4.32. The molecule has 0 unspecified atom stereocenters. The third-order valence-electron chi connectivity index (χ3n) is 7.15. The molecule has 0 radical (unpaired) electrons. The molecule has 2 aromatic rings. The number of carboxylic acids is 1. The lowest BCUT2D eigenvalue weighted by Gasteiger charge is -2.38. The first kappa shape index (κ1) is 24.0. The number of aliphatic carboxylic acids is 1. The SMILES string of the molecule is Cc1ccccc1C1=C2C=CC(=[N+](C)C)C=C2[Si](C)(C)c2cc(N(C)CCCC(=O)O)ccc21. The van der Waals surface area contributed by atoms with Crippen LogP contribution < -0.4 is 10.1 Å². The Balaban J connectivity index is 1.91. The molecule has 0 saturated heterocycles. The summed E-state index contributed by atoms with van der Waals surface area (Å²) in [6.07, 6.45) is 7.78. The fraction of sp³-hybridized carbons (Fsp3) is 0.310. The van der Waals surface area contributed by atoms with E-state index in [-0.39, 0.29) is 6.42 Å². The number of hydrogen-bond acceptors (Lipinski definition) is 2. The summed E-state index contributed by atoms with van der Waals surface area (Å²) in [6.45, 7) is 7.82. The van der Waals surface area contributed by atoms with Crippen LogP contribution in [0.15, 0.2) is 71.5 Å². The zero-order valence-electron chi connectivity index (χ0n) is 21.1. The van der Waals surface area contributed by atoms with Gasteiger partial charge < -0.3 is 10.0 Å². The topological polar surface area (TPSA) is 43.5 Å². The Morgan fingerprint density at radius 1 is 1.06 bits per heavy atom. The van der Waals surface area contributed by atoms with E-state index in [1.807, 2.05) is 0 Å². The Hall–Kier alpha value is -3.18. The lowest BCUT2D eigenvalue weighted by Crippen LogP contribution is -2.49. The van der Waals surface area contributed by atoms with Gasteiger partial charge in [-0.1, -0.05) is 43.4 Å². The minimum atomic E-state index is -2.00. The molecule has 0 fully saturated rings. The lowest BCUT2D eigenvalue weighted by molar-refractivity contribution is -0.462. The van der Waals surface area contributed by atoms with E-state index in [1.54, 1.807) is 0 Å². The largest absolute Gasteiger partial charge is 0.481 e. The molecular weight excluding hydrogens is 436 g/mol. The van der Waals surface area contributed by atoms with Crippen LogP contribution in [0.25, 0.3) is 5.57 Å². The molecule has 1 N–H and O–H groups in total. The van der Waals surface area contributed by atoms with Gasteiger partial charge in [0.15, 0.2) is 5.71 Å². The molecule has 0 saturated carbocycles. The first-order valence-corrected chi connectivity index (χ1v) is 14.9. The number of fused-ring (bicyclic) bond motifs is 2. The van der Waals surface area contributed by atoms with E-state index in [2.05, 4.69) is 111 Å². The minimum Gasteiger partial charge on any atom is -0.481 e. The Bertz CT molecular complexity index is 1280. The molecular formula is C29H35N2O2Si+. The lowest BCUT2D eigenvalue weighted by atomic mass is 9.87. The van der Waals surface area contributed by atoms with Gasteiger partial charge in [-0.3, -0.25) is 4.79 Å². The summed E-state index contributed by atoms with van der Waals surface area (Å²) in [5, 5.41) is 11.9. The highest BCUT2D eigenvalue weighted by atomic mass is 28.3. The zero-order chi connectivity index (χ0) is 24.6. The fourth-order valence-corrected chi connectivity index (χ4v) is 8.15. The van der Waals surface area contributed by atoms with Crippen LogP contribution in [0.4, 0.5) is 5.69 Å². The summed E-state index contributed by atoms with van der Waals surface area (Å²) in [5.41, 5.74) is 8.96. The molecule has 0 amide bonds. The van der Waals surface area contributed by atoms with E-state index in [0.29, 0.717) is 6.42 Å². The second-order valence-electron chi connectivity index (χ2n) is 10.1. The molecule has 0 aromatic heterocycles. The fourth-order valence-electron chi connectivity index (χ4n) is 5.08. The highest BCUT2D eigenvalue weighted by molar-refractivity contribution is 6.98. The van der Waals surface area contributed by atoms with Gasteiger partial charge in [0.05, 0.1) is 0 Å². The van der Waals surface area contributed by atoms with Crippen LogP contribution in [0, 0.1) is 6.92 Å². The summed E-state index contributed by atoms with van der Waals surface area (Å²) < 4.78 is 2.18. The van der Waals surface area contributed by atoms with E-state index in [1.165, 1.54) is 43.9 Å². The Morgan fingerprint density at radius 2 is 1.79 bits per heavy atom. The van der Waals surface area contributed by atoms with Crippen molar-refractivity contribution in [2.24, 2.45) is 0 Å². The maximum Gasteiger partial charge on any atom is 0.303 e. The van der Waals surface area contributed by atoms with Gasteiger partial charge in [0, 0.05) is 37.9 Å². The average Bonchev–Trinajstić information content (AvgIpc) is 2.79. The third-order valence-corrected chi connectivity index (χ3v) is 10.7. The number of allylic oxidation sites excluding steroid dienone is 5. The van der Waals surface area contributed by atoms with Crippen molar-refractivity contribution in [3.63, 3.8) is 0 Å². The molecule has 176 valence electrons. The van der Waals surface area contributed by atoms with Crippen LogP contribution in [0.5, 0.6) is 0 Å². The normalized spacial score (nSPS) is 16.1. The maximum absolute atomic E-state index is 11.0. The van der Waals surface area contributed by atoms with E-state index in [0.717, 1.165) is 12.2 Å². The molecule has 0 atom stereocenters. The Kier molecular flexibility index (Phi) is 6.50. The summed E-state index contributed by atoms with van der Waals surface area (Å²) in [6, 6.07) is 15.5. The van der Waals surface area contributed by atoms with Gasteiger partial charge in [-0.2, -0.15) is 0 Å². The number of benzene rings is 2. The highest BCUT2D eigenvalue weighted by Crippen LogP contribution is 2.42. The van der Waals surface area contributed by atoms with E-state index < -0.39 is 14.0 Å². The van der Waals surface area contributed by atoms with Gasteiger partial charge in [-0.15, -0.1) is 0 Å². The number of carboxylic acid groups (broad SMARTS) is 1. The first-order chi connectivity index (χ1) is 16.1. The summed E-state index contributed by atoms with van der Waals surface area (Å²) >= 11 is 0. The molecule has 0 bridgehead atoms. The van der Waals surface area contributed by atoms with Crippen molar-refractivity contribution in [2.45, 2.75) is 32.9 Å². The first-order valence-electron chi connectivity index (χ1n) is 11.9. The maximum atomic E-state index is 11.0. The van der Waals surface area contributed by atoms with Crippen molar-refractivity contribution < 1.29 is 14.5 Å². The number of anilines is 1. The van der Waals surface area contributed by atoms with Gasteiger partial charge in [0.1, 0.15) is 22.2 Å². The predicted molar refractivity (Wildman–Crippen MR) is 145 cm³/mol. The monoisotopic (exact) mass is 471 g/mol. The second-order valence-corrected chi connectivity index (χ2v) is 14.4.